The first-order valence-electron chi connectivity index (χ1n) is 8.16. The normalized spacial score (nSPS) is 31.9. The molecule has 1 saturated carbocycles. The molecule has 1 unspecified atom stereocenters. The van der Waals surface area contributed by atoms with E-state index in [1.165, 1.54) is 51.6 Å². The van der Waals surface area contributed by atoms with Crippen LogP contribution in [0.1, 0.15) is 52.4 Å². The Morgan fingerprint density at radius 2 is 1.68 bits per heavy atom. The summed E-state index contributed by atoms with van der Waals surface area (Å²) in [5.41, 5.74) is 6.47. The third-order valence-corrected chi connectivity index (χ3v) is 4.87. The van der Waals surface area contributed by atoms with Crippen LogP contribution >= 0.6 is 0 Å². The van der Waals surface area contributed by atoms with Gasteiger partial charge in [-0.1, -0.05) is 39.5 Å². The fourth-order valence-corrected chi connectivity index (χ4v) is 4.16. The van der Waals surface area contributed by atoms with Crippen molar-refractivity contribution in [3.05, 3.63) is 0 Å². The highest BCUT2D eigenvalue weighted by atomic mass is 15.3. The van der Waals surface area contributed by atoms with Gasteiger partial charge in [0.25, 0.3) is 0 Å². The molecule has 1 aliphatic heterocycles. The Morgan fingerprint density at radius 1 is 1.05 bits per heavy atom. The average molecular weight is 267 g/mol. The highest BCUT2D eigenvalue weighted by molar-refractivity contribution is 4.91. The smallest absolute Gasteiger partial charge is 0.0348 e. The van der Waals surface area contributed by atoms with E-state index in [1.807, 2.05) is 0 Å². The molecular weight excluding hydrogens is 234 g/mol. The summed E-state index contributed by atoms with van der Waals surface area (Å²) in [6, 6.07) is 1.33. The Bertz CT molecular complexity index is 269. The van der Waals surface area contributed by atoms with Gasteiger partial charge in [0.05, 0.1) is 0 Å². The number of likely N-dealkylation sites (N-methyl/N-ethyl adjacent to an activating group) is 1. The van der Waals surface area contributed by atoms with Gasteiger partial charge < -0.3 is 10.6 Å². The molecule has 2 rings (SSSR count). The second kappa shape index (κ2) is 6.55. The lowest BCUT2D eigenvalue weighted by Crippen LogP contribution is -2.51. The molecule has 0 radical (unpaired) electrons. The minimum absolute atomic E-state index is 0.380. The van der Waals surface area contributed by atoms with Crippen LogP contribution in [-0.4, -0.2) is 55.1 Å². The predicted octanol–water partition coefficient (Wildman–Crippen LogP) is 2.31. The molecule has 3 heteroatoms. The fourth-order valence-electron chi connectivity index (χ4n) is 4.16. The van der Waals surface area contributed by atoms with Gasteiger partial charge in [-0.2, -0.15) is 0 Å². The molecule has 2 N–H and O–H groups in total. The molecule has 0 aromatic rings. The Balaban J connectivity index is 2.12. The maximum absolute atomic E-state index is 6.09. The molecule has 3 nitrogen and oxygen atoms in total. The van der Waals surface area contributed by atoms with Crippen LogP contribution in [0.15, 0.2) is 0 Å². The molecule has 112 valence electrons. The lowest BCUT2D eigenvalue weighted by atomic mass is 9.91. The minimum Gasteiger partial charge on any atom is -0.329 e. The molecule has 1 heterocycles. The summed E-state index contributed by atoms with van der Waals surface area (Å²) in [4.78, 5) is 5.25. The van der Waals surface area contributed by atoms with Gasteiger partial charge in [-0.3, -0.25) is 4.90 Å². The number of nitrogens with two attached hydrogens (primary N) is 1. The number of nitrogens with zero attached hydrogens (tertiary/aromatic N) is 2. The zero-order valence-corrected chi connectivity index (χ0v) is 13.2. The minimum atomic E-state index is 0.380. The van der Waals surface area contributed by atoms with E-state index in [2.05, 4.69) is 30.7 Å². The van der Waals surface area contributed by atoms with Crippen LogP contribution in [0.2, 0.25) is 0 Å². The van der Waals surface area contributed by atoms with E-state index in [9.17, 15) is 0 Å². The summed E-state index contributed by atoms with van der Waals surface area (Å²) in [6.07, 6.45) is 8.46. The second-order valence-electron chi connectivity index (χ2n) is 7.57. The van der Waals surface area contributed by atoms with Gasteiger partial charge >= 0.3 is 0 Å². The molecule has 0 amide bonds. The molecule has 2 aliphatic rings. The van der Waals surface area contributed by atoms with Gasteiger partial charge in [0, 0.05) is 38.3 Å². The first-order chi connectivity index (χ1) is 9.02. The summed E-state index contributed by atoms with van der Waals surface area (Å²) in [7, 11) is 2.25. The molecular formula is C16H33N3. The summed E-state index contributed by atoms with van der Waals surface area (Å²) in [6.45, 7) is 9.15. The van der Waals surface area contributed by atoms with Crippen molar-refractivity contribution in [3.8, 4) is 0 Å². The summed E-state index contributed by atoms with van der Waals surface area (Å²) >= 11 is 0. The van der Waals surface area contributed by atoms with Crippen LogP contribution in [0.3, 0.4) is 0 Å². The van der Waals surface area contributed by atoms with Crippen LogP contribution in [0.5, 0.6) is 0 Å². The van der Waals surface area contributed by atoms with E-state index in [4.69, 9.17) is 5.73 Å². The highest BCUT2D eigenvalue weighted by Crippen LogP contribution is 2.30. The third kappa shape index (κ3) is 4.17. The Kier molecular flexibility index (Phi) is 5.27. The summed E-state index contributed by atoms with van der Waals surface area (Å²) < 4.78 is 0. The van der Waals surface area contributed by atoms with Crippen molar-refractivity contribution in [1.29, 1.82) is 0 Å². The Morgan fingerprint density at radius 3 is 2.26 bits per heavy atom. The van der Waals surface area contributed by atoms with Gasteiger partial charge in [0.15, 0.2) is 0 Å². The van der Waals surface area contributed by atoms with Crippen LogP contribution in [-0.2, 0) is 0 Å². The monoisotopic (exact) mass is 267 g/mol. The number of rotatable bonds is 2. The molecule has 1 aliphatic carbocycles. The quantitative estimate of drug-likeness (QED) is 0.779. The average Bonchev–Trinajstić information content (AvgIpc) is 2.65. The standard InChI is InChI=1S/C16H33N3/c1-16(2)12-18(3)11-15(10-17)19(13-16)14-8-6-4-5-7-9-14/h14-15H,4-13,17H2,1-3H3. The largest absolute Gasteiger partial charge is 0.329 e. The van der Waals surface area contributed by atoms with Crippen LogP contribution in [0, 0.1) is 5.41 Å². The van der Waals surface area contributed by atoms with Crippen LogP contribution in [0.25, 0.3) is 0 Å². The van der Waals surface area contributed by atoms with Gasteiger partial charge in [-0.05, 0) is 25.3 Å². The van der Waals surface area contributed by atoms with Crippen molar-refractivity contribution in [2.45, 2.75) is 64.5 Å². The third-order valence-electron chi connectivity index (χ3n) is 4.87. The molecule has 0 aromatic carbocycles. The lowest BCUT2D eigenvalue weighted by molar-refractivity contribution is 0.0966. The van der Waals surface area contributed by atoms with Crippen molar-refractivity contribution in [1.82, 2.24) is 9.80 Å². The van der Waals surface area contributed by atoms with Gasteiger partial charge in [0.1, 0.15) is 0 Å². The fraction of sp³-hybridized carbons (Fsp3) is 1.00. The number of hydrogen-bond acceptors (Lipinski definition) is 3. The SMILES string of the molecule is CN1CC(CN)N(C2CCCCCC2)CC(C)(C)C1. The lowest BCUT2D eigenvalue weighted by Gasteiger charge is -2.39. The molecule has 0 aromatic heterocycles. The van der Waals surface area contributed by atoms with Crippen molar-refractivity contribution in [2.75, 3.05) is 33.2 Å². The van der Waals surface area contributed by atoms with E-state index >= 15 is 0 Å². The van der Waals surface area contributed by atoms with Crippen LogP contribution < -0.4 is 5.73 Å². The molecule has 1 atom stereocenters. The first kappa shape index (κ1) is 15.3. The number of hydrogen-bond donors (Lipinski definition) is 1. The van der Waals surface area contributed by atoms with E-state index < -0.39 is 0 Å². The van der Waals surface area contributed by atoms with Gasteiger partial charge in [-0.25, -0.2) is 0 Å². The van der Waals surface area contributed by atoms with Crippen LogP contribution in [0.4, 0.5) is 0 Å². The van der Waals surface area contributed by atoms with Gasteiger partial charge in [-0.15, -0.1) is 0 Å². The molecule has 0 bridgehead atoms. The van der Waals surface area contributed by atoms with Crippen molar-refractivity contribution in [3.63, 3.8) is 0 Å². The maximum atomic E-state index is 6.09. The van der Waals surface area contributed by atoms with E-state index in [-0.39, 0.29) is 0 Å². The Labute approximate surface area is 119 Å². The van der Waals surface area contributed by atoms with E-state index in [0.29, 0.717) is 11.5 Å². The van der Waals surface area contributed by atoms with Crippen molar-refractivity contribution >= 4 is 0 Å². The summed E-state index contributed by atoms with van der Waals surface area (Å²) in [5, 5.41) is 0. The summed E-state index contributed by atoms with van der Waals surface area (Å²) in [5.74, 6) is 0. The van der Waals surface area contributed by atoms with E-state index in [1.54, 1.807) is 0 Å². The van der Waals surface area contributed by atoms with Crippen molar-refractivity contribution < 1.29 is 0 Å². The topological polar surface area (TPSA) is 32.5 Å². The van der Waals surface area contributed by atoms with Crippen molar-refractivity contribution in [2.24, 2.45) is 11.1 Å². The molecule has 0 spiro atoms. The zero-order chi connectivity index (χ0) is 13.9. The maximum Gasteiger partial charge on any atom is 0.0348 e. The first-order valence-corrected chi connectivity index (χ1v) is 8.16. The predicted molar refractivity (Wildman–Crippen MR) is 82.3 cm³/mol. The Hall–Kier alpha value is -0.120. The molecule has 2 fully saturated rings. The molecule has 19 heavy (non-hydrogen) atoms. The van der Waals surface area contributed by atoms with E-state index in [0.717, 1.165) is 19.1 Å². The zero-order valence-electron chi connectivity index (χ0n) is 13.2. The second-order valence-corrected chi connectivity index (χ2v) is 7.57. The highest BCUT2D eigenvalue weighted by Gasteiger charge is 2.35. The molecule has 1 saturated heterocycles. The van der Waals surface area contributed by atoms with Gasteiger partial charge in [0.2, 0.25) is 0 Å².